The molecular formula is C13H19N. The Bertz CT molecular complexity index is 266. The molecule has 0 saturated heterocycles. The molecule has 0 amide bonds. The van der Waals surface area contributed by atoms with Gasteiger partial charge in [-0.1, -0.05) is 51.5 Å². The molecule has 14 heavy (non-hydrogen) atoms. The maximum atomic E-state index is 8.44. The second-order valence-corrected chi connectivity index (χ2v) is 2.90. The predicted octanol–water partition coefficient (Wildman–Crippen LogP) is 3.73. The van der Waals surface area contributed by atoms with Gasteiger partial charge in [0.2, 0.25) is 0 Å². The lowest BCUT2D eigenvalue weighted by Crippen LogP contribution is -1.85. The van der Waals surface area contributed by atoms with Crippen molar-refractivity contribution >= 4 is 0 Å². The topological polar surface area (TPSA) is 23.8 Å². The van der Waals surface area contributed by atoms with E-state index >= 15 is 0 Å². The molecule has 0 aliphatic carbocycles. The number of hydrogen-bond acceptors (Lipinski definition) is 1. The third kappa shape index (κ3) is 4.67. The van der Waals surface area contributed by atoms with Crippen LogP contribution in [0, 0.1) is 11.3 Å². The average molecular weight is 189 g/mol. The maximum Gasteiger partial charge on any atom is 0.0669 e. The highest BCUT2D eigenvalue weighted by atomic mass is 14.2. The Morgan fingerprint density at radius 2 is 1.57 bits per heavy atom. The molecule has 1 nitrogen and oxygen atoms in total. The molecule has 0 atom stereocenters. The van der Waals surface area contributed by atoms with Gasteiger partial charge >= 0.3 is 0 Å². The normalized spacial score (nSPS) is 8.43. The van der Waals surface area contributed by atoms with Crippen molar-refractivity contribution < 1.29 is 0 Å². The molecule has 0 radical (unpaired) electrons. The fraction of sp³-hybridized carbons (Fsp3) is 0.462. The summed E-state index contributed by atoms with van der Waals surface area (Å²) in [5.41, 5.74) is 2.47. The second kappa shape index (κ2) is 8.31. The van der Waals surface area contributed by atoms with E-state index in [1.54, 1.807) is 0 Å². The van der Waals surface area contributed by atoms with Gasteiger partial charge in [0.25, 0.3) is 0 Å². The largest absolute Gasteiger partial charge is 0.198 e. The minimum atomic E-state index is 0.520. The first-order valence-corrected chi connectivity index (χ1v) is 5.31. The van der Waals surface area contributed by atoms with Crippen LogP contribution >= 0.6 is 0 Å². The number of hydrogen-bond donors (Lipinski definition) is 0. The quantitative estimate of drug-likeness (QED) is 0.710. The van der Waals surface area contributed by atoms with Crippen molar-refractivity contribution in [2.24, 2.45) is 0 Å². The summed E-state index contributed by atoms with van der Waals surface area (Å²) >= 11 is 0. The maximum absolute atomic E-state index is 8.44. The second-order valence-electron chi connectivity index (χ2n) is 2.90. The van der Waals surface area contributed by atoms with Crippen LogP contribution in [0.3, 0.4) is 0 Å². The molecule has 1 aromatic rings. The monoisotopic (exact) mass is 189 g/mol. The lowest BCUT2D eigenvalue weighted by Gasteiger charge is -1.98. The molecule has 0 saturated carbocycles. The van der Waals surface area contributed by atoms with Gasteiger partial charge < -0.3 is 0 Å². The van der Waals surface area contributed by atoms with E-state index in [0.717, 1.165) is 12.0 Å². The van der Waals surface area contributed by atoms with Crippen LogP contribution in [0.1, 0.15) is 38.3 Å². The highest BCUT2D eigenvalue weighted by Gasteiger charge is 1.92. The van der Waals surface area contributed by atoms with Crippen LogP contribution in [0.5, 0.6) is 0 Å². The summed E-state index contributed by atoms with van der Waals surface area (Å²) in [4.78, 5) is 0. The Labute approximate surface area is 87.4 Å². The third-order valence-corrected chi connectivity index (χ3v) is 1.84. The molecule has 0 aliphatic heterocycles. The first-order chi connectivity index (χ1) is 6.86. The molecule has 0 unspecified atom stereocenters. The van der Waals surface area contributed by atoms with Crippen LogP contribution in [-0.2, 0) is 12.8 Å². The zero-order chi connectivity index (χ0) is 10.8. The Morgan fingerprint density at radius 1 is 1.07 bits per heavy atom. The molecule has 0 fully saturated rings. The fourth-order valence-electron chi connectivity index (χ4n) is 1.20. The minimum Gasteiger partial charge on any atom is -0.198 e. The van der Waals surface area contributed by atoms with Crippen molar-refractivity contribution in [2.75, 3.05) is 0 Å². The Kier molecular flexibility index (Phi) is 7.55. The molecule has 1 heteroatoms. The molecule has 76 valence electrons. The zero-order valence-corrected chi connectivity index (χ0v) is 9.38. The highest BCUT2D eigenvalue weighted by molar-refractivity contribution is 5.24. The Hall–Kier alpha value is -1.29. The van der Waals surface area contributed by atoms with E-state index in [0.29, 0.717) is 6.42 Å². The van der Waals surface area contributed by atoms with Crippen molar-refractivity contribution in [3.63, 3.8) is 0 Å². The summed E-state index contributed by atoms with van der Waals surface area (Å²) in [6.45, 7) is 6.17. The van der Waals surface area contributed by atoms with Gasteiger partial charge in [-0.05, 0) is 17.5 Å². The van der Waals surface area contributed by atoms with Gasteiger partial charge in [0.1, 0.15) is 0 Å². The Balaban J connectivity index is 0.000000791. The Morgan fingerprint density at radius 3 is 2.00 bits per heavy atom. The van der Waals surface area contributed by atoms with Crippen LogP contribution in [0.2, 0.25) is 0 Å². The zero-order valence-electron chi connectivity index (χ0n) is 9.38. The van der Waals surface area contributed by atoms with Crippen LogP contribution in [0.25, 0.3) is 0 Å². The van der Waals surface area contributed by atoms with Crippen LogP contribution in [0.15, 0.2) is 24.3 Å². The highest BCUT2D eigenvalue weighted by Crippen LogP contribution is 2.06. The van der Waals surface area contributed by atoms with Gasteiger partial charge in [-0.3, -0.25) is 0 Å². The number of nitrogens with zero attached hydrogens (tertiary/aromatic N) is 1. The third-order valence-electron chi connectivity index (χ3n) is 1.84. The standard InChI is InChI=1S/C11H13N.C2H6/c1-2-3-10-4-6-11(7-5-10)8-9-12;1-2/h4-7H,2-3,8H2,1H3;1-2H3. The van der Waals surface area contributed by atoms with E-state index in [-0.39, 0.29) is 0 Å². The van der Waals surface area contributed by atoms with Gasteiger partial charge in [-0.25, -0.2) is 0 Å². The van der Waals surface area contributed by atoms with Crippen molar-refractivity contribution in [3.8, 4) is 6.07 Å². The van der Waals surface area contributed by atoms with Crippen molar-refractivity contribution in [2.45, 2.75) is 40.0 Å². The molecule has 1 rings (SSSR count). The smallest absolute Gasteiger partial charge is 0.0669 e. The predicted molar refractivity (Wildman–Crippen MR) is 61.1 cm³/mol. The van der Waals surface area contributed by atoms with E-state index in [2.05, 4.69) is 25.1 Å². The molecule has 0 aliphatic rings. The first kappa shape index (κ1) is 12.7. The molecule has 0 N–H and O–H groups in total. The van der Waals surface area contributed by atoms with Crippen molar-refractivity contribution in [1.82, 2.24) is 0 Å². The molecule has 1 aromatic carbocycles. The van der Waals surface area contributed by atoms with Crippen LogP contribution in [0.4, 0.5) is 0 Å². The lowest BCUT2D eigenvalue weighted by molar-refractivity contribution is 0.920. The number of benzene rings is 1. The summed E-state index contributed by atoms with van der Waals surface area (Å²) in [5, 5.41) is 8.44. The van der Waals surface area contributed by atoms with Gasteiger partial charge in [0, 0.05) is 0 Å². The first-order valence-electron chi connectivity index (χ1n) is 5.31. The van der Waals surface area contributed by atoms with Crippen LogP contribution in [-0.4, -0.2) is 0 Å². The van der Waals surface area contributed by atoms with Gasteiger partial charge in [0.15, 0.2) is 0 Å². The van der Waals surface area contributed by atoms with E-state index in [4.69, 9.17) is 5.26 Å². The van der Waals surface area contributed by atoms with E-state index < -0.39 is 0 Å². The molecule has 0 bridgehead atoms. The summed E-state index contributed by atoms with van der Waals surface area (Å²) in [6, 6.07) is 10.4. The molecule has 0 aromatic heterocycles. The molecule has 0 spiro atoms. The van der Waals surface area contributed by atoms with Crippen molar-refractivity contribution in [1.29, 1.82) is 5.26 Å². The van der Waals surface area contributed by atoms with Gasteiger partial charge in [-0.15, -0.1) is 0 Å². The van der Waals surface area contributed by atoms with E-state index in [9.17, 15) is 0 Å². The van der Waals surface area contributed by atoms with Gasteiger partial charge in [-0.2, -0.15) is 5.26 Å². The lowest BCUT2D eigenvalue weighted by atomic mass is 10.1. The van der Waals surface area contributed by atoms with Gasteiger partial charge in [0.05, 0.1) is 12.5 Å². The summed E-state index contributed by atoms with van der Waals surface area (Å²) in [5.74, 6) is 0. The summed E-state index contributed by atoms with van der Waals surface area (Å²) < 4.78 is 0. The van der Waals surface area contributed by atoms with Crippen molar-refractivity contribution in [3.05, 3.63) is 35.4 Å². The van der Waals surface area contributed by atoms with E-state index in [1.807, 2.05) is 26.0 Å². The summed E-state index contributed by atoms with van der Waals surface area (Å²) in [6.07, 6.45) is 2.83. The average Bonchev–Trinajstić information content (AvgIpc) is 2.25. The SMILES string of the molecule is CC.CCCc1ccc(CC#N)cc1. The minimum absolute atomic E-state index is 0.520. The number of rotatable bonds is 3. The van der Waals surface area contributed by atoms with E-state index in [1.165, 1.54) is 12.0 Å². The fourth-order valence-corrected chi connectivity index (χ4v) is 1.20. The molecular weight excluding hydrogens is 170 g/mol. The number of aryl methyl sites for hydroxylation is 1. The summed E-state index contributed by atoms with van der Waals surface area (Å²) in [7, 11) is 0. The number of nitriles is 1. The van der Waals surface area contributed by atoms with Crippen LogP contribution < -0.4 is 0 Å². The molecule has 0 heterocycles.